The average Bonchev–Trinajstić information content (AvgIpc) is 2.40. The van der Waals surface area contributed by atoms with Gasteiger partial charge in [-0.2, -0.15) is 8.78 Å². The number of rotatable bonds is 4. The molecule has 122 valence electrons. The van der Waals surface area contributed by atoms with Gasteiger partial charge in [-0.1, -0.05) is 0 Å². The lowest BCUT2D eigenvalue weighted by atomic mass is 10.3. The van der Waals surface area contributed by atoms with E-state index in [1.54, 1.807) is 6.92 Å². The number of carbonyl (C=O) groups is 1. The topological polar surface area (TPSA) is 100 Å². The third-order valence-corrected chi connectivity index (χ3v) is 2.70. The number of amides is 1. The Labute approximate surface area is 130 Å². The van der Waals surface area contributed by atoms with E-state index in [2.05, 4.69) is 25.6 Å². The maximum Gasteiger partial charge on any atom is 0.303 e. The Morgan fingerprint density at radius 3 is 2.57 bits per heavy atom. The summed E-state index contributed by atoms with van der Waals surface area (Å²) in [6, 6.07) is 2.81. The SMILES string of the molecule is CC(=O)Nc1cc(Nc2cc(C)nc(C(C)(F)F)n2)c(O)cn1. The van der Waals surface area contributed by atoms with Crippen molar-refractivity contribution in [1.82, 2.24) is 15.0 Å². The molecule has 0 aromatic carbocycles. The molecule has 0 unspecified atom stereocenters. The summed E-state index contributed by atoms with van der Waals surface area (Å²) in [5.41, 5.74) is 0.502. The van der Waals surface area contributed by atoms with Gasteiger partial charge in [0.05, 0.1) is 11.9 Å². The summed E-state index contributed by atoms with van der Waals surface area (Å²) in [5, 5.41) is 15.0. The van der Waals surface area contributed by atoms with E-state index in [1.165, 1.54) is 19.1 Å². The van der Waals surface area contributed by atoms with E-state index in [-0.39, 0.29) is 29.0 Å². The van der Waals surface area contributed by atoms with Crippen LogP contribution < -0.4 is 10.6 Å². The Kier molecular flexibility index (Phi) is 4.39. The van der Waals surface area contributed by atoms with Crippen LogP contribution in [0, 0.1) is 6.92 Å². The van der Waals surface area contributed by atoms with Gasteiger partial charge in [-0.05, 0) is 6.92 Å². The van der Waals surface area contributed by atoms with Crippen LogP contribution in [-0.4, -0.2) is 26.0 Å². The van der Waals surface area contributed by atoms with Gasteiger partial charge in [0.25, 0.3) is 0 Å². The fourth-order valence-electron chi connectivity index (χ4n) is 1.76. The molecule has 0 spiro atoms. The smallest absolute Gasteiger partial charge is 0.303 e. The van der Waals surface area contributed by atoms with Gasteiger partial charge in [0.15, 0.2) is 5.75 Å². The van der Waals surface area contributed by atoms with Crippen LogP contribution in [0.5, 0.6) is 5.75 Å². The minimum absolute atomic E-state index is 0.0873. The molecule has 0 aliphatic rings. The zero-order valence-corrected chi connectivity index (χ0v) is 12.7. The Bertz CT molecular complexity index is 746. The normalized spacial score (nSPS) is 11.2. The van der Waals surface area contributed by atoms with Gasteiger partial charge in [-0.15, -0.1) is 0 Å². The van der Waals surface area contributed by atoms with Gasteiger partial charge in [0, 0.05) is 31.7 Å². The maximum atomic E-state index is 13.4. The number of nitrogens with zero attached hydrogens (tertiary/aromatic N) is 3. The van der Waals surface area contributed by atoms with Crippen LogP contribution >= 0.6 is 0 Å². The number of nitrogens with one attached hydrogen (secondary N) is 2. The highest BCUT2D eigenvalue weighted by Gasteiger charge is 2.29. The molecule has 0 bridgehead atoms. The lowest BCUT2D eigenvalue weighted by molar-refractivity contribution is -0.114. The Morgan fingerprint density at radius 1 is 1.26 bits per heavy atom. The van der Waals surface area contributed by atoms with E-state index in [0.29, 0.717) is 12.6 Å². The lowest BCUT2D eigenvalue weighted by Gasteiger charge is -2.13. The first-order valence-corrected chi connectivity index (χ1v) is 6.63. The quantitative estimate of drug-likeness (QED) is 0.800. The molecule has 0 saturated heterocycles. The van der Waals surface area contributed by atoms with Gasteiger partial charge < -0.3 is 15.7 Å². The van der Waals surface area contributed by atoms with Crippen LogP contribution in [0.4, 0.5) is 26.1 Å². The van der Waals surface area contributed by atoms with E-state index < -0.39 is 11.7 Å². The zero-order valence-electron chi connectivity index (χ0n) is 12.7. The van der Waals surface area contributed by atoms with Crippen LogP contribution in [0.25, 0.3) is 0 Å². The van der Waals surface area contributed by atoms with Crippen molar-refractivity contribution in [3.8, 4) is 5.75 Å². The van der Waals surface area contributed by atoms with E-state index >= 15 is 0 Å². The van der Waals surface area contributed by atoms with Crippen molar-refractivity contribution in [2.45, 2.75) is 26.7 Å². The van der Waals surface area contributed by atoms with E-state index in [1.807, 2.05) is 0 Å². The standard InChI is InChI=1S/C14H15F2N5O2/c1-7-4-12(21-13(18-7)14(3,15)16)20-9-5-11(19-8(2)22)17-6-10(9)23/h4-6,23H,1-3H3,(H2,17,18,19,20,21,22). The molecular formula is C14H15F2N5O2. The van der Waals surface area contributed by atoms with Gasteiger partial charge in [0.1, 0.15) is 11.6 Å². The predicted octanol–water partition coefficient (Wildman–Crippen LogP) is 2.70. The Morgan fingerprint density at radius 2 is 1.96 bits per heavy atom. The molecule has 2 aromatic heterocycles. The molecule has 1 amide bonds. The van der Waals surface area contributed by atoms with Crippen molar-refractivity contribution >= 4 is 23.2 Å². The van der Waals surface area contributed by atoms with Crippen LogP contribution in [0.3, 0.4) is 0 Å². The number of pyridine rings is 1. The molecule has 0 saturated carbocycles. The molecule has 23 heavy (non-hydrogen) atoms. The zero-order chi connectivity index (χ0) is 17.2. The summed E-state index contributed by atoms with van der Waals surface area (Å²) in [6.07, 6.45) is 1.12. The van der Waals surface area contributed by atoms with Gasteiger partial charge in [0.2, 0.25) is 11.7 Å². The molecular weight excluding hydrogens is 308 g/mol. The summed E-state index contributed by atoms with van der Waals surface area (Å²) in [4.78, 5) is 22.3. The highest BCUT2D eigenvalue weighted by Crippen LogP contribution is 2.29. The lowest BCUT2D eigenvalue weighted by Crippen LogP contribution is -2.14. The van der Waals surface area contributed by atoms with Crippen molar-refractivity contribution < 1.29 is 18.7 Å². The molecule has 2 heterocycles. The highest BCUT2D eigenvalue weighted by molar-refractivity contribution is 5.88. The fourth-order valence-corrected chi connectivity index (χ4v) is 1.76. The second kappa shape index (κ2) is 6.11. The Hall–Kier alpha value is -2.84. The number of carbonyl (C=O) groups excluding carboxylic acids is 1. The fraction of sp³-hybridized carbons (Fsp3) is 0.286. The summed E-state index contributed by atoms with van der Waals surface area (Å²) >= 11 is 0. The highest BCUT2D eigenvalue weighted by atomic mass is 19.3. The summed E-state index contributed by atoms with van der Waals surface area (Å²) < 4.78 is 26.8. The van der Waals surface area contributed by atoms with Gasteiger partial charge in [-0.25, -0.2) is 15.0 Å². The van der Waals surface area contributed by atoms with Crippen molar-refractivity contribution in [1.29, 1.82) is 0 Å². The number of aryl methyl sites for hydroxylation is 1. The van der Waals surface area contributed by atoms with Crippen molar-refractivity contribution in [3.05, 3.63) is 29.8 Å². The molecule has 2 rings (SSSR count). The Balaban J connectivity index is 2.35. The molecule has 0 fully saturated rings. The maximum absolute atomic E-state index is 13.4. The van der Waals surface area contributed by atoms with Crippen molar-refractivity contribution in [2.24, 2.45) is 0 Å². The number of aromatic nitrogens is 3. The first kappa shape index (κ1) is 16.5. The second-order valence-corrected chi connectivity index (χ2v) is 5.00. The molecule has 0 aliphatic heterocycles. The molecule has 0 radical (unpaired) electrons. The molecule has 2 aromatic rings. The summed E-state index contributed by atoms with van der Waals surface area (Å²) in [6.45, 7) is 3.56. The number of hydrogen-bond acceptors (Lipinski definition) is 6. The first-order valence-electron chi connectivity index (χ1n) is 6.63. The van der Waals surface area contributed by atoms with Gasteiger partial charge >= 0.3 is 5.92 Å². The van der Waals surface area contributed by atoms with E-state index in [4.69, 9.17) is 0 Å². The van der Waals surface area contributed by atoms with Crippen LogP contribution in [0.2, 0.25) is 0 Å². The third kappa shape index (κ3) is 4.31. The number of hydrogen-bond donors (Lipinski definition) is 3. The number of aromatic hydroxyl groups is 1. The minimum Gasteiger partial charge on any atom is -0.504 e. The minimum atomic E-state index is -3.19. The van der Waals surface area contributed by atoms with Crippen LogP contribution in [-0.2, 0) is 10.7 Å². The molecule has 0 atom stereocenters. The number of alkyl halides is 2. The largest absolute Gasteiger partial charge is 0.504 e. The monoisotopic (exact) mass is 323 g/mol. The number of anilines is 3. The van der Waals surface area contributed by atoms with E-state index in [9.17, 15) is 18.7 Å². The van der Waals surface area contributed by atoms with Gasteiger partial charge in [-0.3, -0.25) is 4.79 Å². The summed E-state index contributed by atoms with van der Waals surface area (Å²) in [5.74, 6) is -4.09. The summed E-state index contributed by atoms with van der Waals surface area (Å²) in [7, 11) is 0. The van der Waals surface area contributed by atoms with Crippen LogP contribution in [0.1, 0.15) is 25.4 Å². The number of halogens is 2. The van der Waals surface area contributed by atoms with Crippen LogP contribution in [0.15, 0.2) is 18.3 Å². The second-order valence-electron chi connectivity index (χ2n) is 5.00. The predicted molar refractivity (Wildman–Crippen MR) is 79.8 cm³/mol. The average molecular weight is 323 g/mol. The van der Waals surface area contributed by atoms with E-state index in [0.717, 1.165) is 6.20 Å². The molecule has 0 aliphatic carbocycles. The third-order valence-electron chi connectivity index (χ3n) is 2.70. The molecule has 3 N–H and O–H groups in total. The molecule has 7 nitrogen and oxygen atoms in total. The van der Waals surface area contributed by atoms with Crippen molar-refractivity contribution in [3.63, 3.8) is 0 Å². The van der Waals surface area contributed by atoms with Crippen molar-refractivity contribution in [2.75, 3.05) is 10.6 Å². The first-order chi connectivity index (χ1) is 10.6. The molecule has 9 heteroatoms.